The second kappa shape index (κ2) is 7.76. The second-order valence-electron chi connectivity index (χ2n) is 3.69. The number of hydrogen-bond acceptors (Lipinski definition) is 4. The van der Waals surface area contributed by atoms with E-state index in [2.05, 4.69) is 19.2 Å². The number of esters is 1. The van der Waals surface area contributed by atoms with Gasteiger partial charge in [0.05, 0.1) is 19.8 Å². The van der Waals surface area contributed by atoms with Crippen molar-refractivity contribution >= 4 is 5.97 Å². The molecule has 4 heteroatoms. The molecule has 0 bridgehead atoms. The van der Waals surface area contributed by atoms with Gasteiger partial charge >= 0.3 is 5.97 Å². The van der Waals surface area contributed by atoms with Gasteiger partial charge in [-0.2, -0.15) is 0 Å². The van der Waals surface area contributed by atoms with Gasteiger partial charge in [0.15, 0.2) is 0 Å². The summed E-state index contributed by atoms with van der Waals surface area (Å²) in [5, 5.41) is 12.0. The van der Waals surface area contributed by atoms with Gasteiger partial charge in [-0.3, -0.25) is 4.79 Å². The fourth-order valence-electron chi connectivity index (χ4n) is 1.23. The van der Waals surface area contributed by atoms with Crippen LogP contribution < -0.4 is 5.32 Å². The molecule has 1 unspecified atom stereocenters. The standard InChI is InChI=1S/C10H21NO3/c1-4-14-10(13)6-11-9(7-12)5-8(2)3/h8-9,11-12H,4-7H2,1-3H3. The van der Waals surface area contributed by atoms with Crippen LogP contribution in [-0.4, -0.2) is 36.9 Å². The molecule has 0 aliphatic rings. The van der Waals surface area contributed by atoms with Crippen molar-refractivity contribution in [2.75, 3.05) is 19.8 Å². The summed E-state index contributed by atoms with van der Waals surface area (Å²) in [6.07, 6.45) is 0.857. The van der Waals surface area contributed by atoms with Crippen molar-refractivity contribution in [1.82, 2.24) is 5.32 Å². The van der Waals surface area contributed by atoms with Crippen molar-refractivity contribution < 1.29 is 14.6 Å². The highest BCUT2D eigenvalue weighted by atomic mass is 16.5. The van der Waals surface area contributed by atoms with Crippen LogP contribution in [-0.2, 0) is 9.53 Å². The molecule has 84 valence electrons. The normalized spacial score (nSPS) is 12.9. The maximum absolute atomic E-state index is 11.0. The monoisotopic (exact) mass is 203 g/mol. The molecule has 0 spiro atoms. The first-order valence-corrected chi connectivity index (χ1v) is 5.10. The van der Waals surface area contributed by atoms with E-state index in [-0.39, 0.29) is 25.2 Å². The molecule has 0 radical (unpaired) electrons. The van der Waals surface area contributed by atoms with Gasteiger partial charge in [0.1, 0.15) is 0 Å². The highest BCUT2D eigenvalue weighted by Crippen LogP contribution is 2.03. The zero-order valence-electron chi connectivity index (χ0n) is 9.25. The summed E-state index contributed by atoms with van der Waals surface area (Å²) in [6, 6.07) is -0.0144. The van der Waals surface area contributed by atoms with E-state index in [0.717, 1.165) is 6.42 Å². The van der Waals surface area contributed by atoms with E-state index < -0.39 is 0 Å². The number of nitrogens with one attached hydrogen (secondary N) is 1. The van der Waals surface area contributed by atoms with Gasteiger partial charge in [-0.25, -0.2) is 0 Å². The van der Waals surface area contributed by atoms with Crippen molar-refractivity contribution in [3.8, 4) is 0 Å². The Kier molecular flexibility index (Phi) is 7.42. The van der Waals surface area contributed by atoms with Crippen molar-refractivity contribution in [2.45, 2.75) is 33.2 Å². The van der Waals surface area contributed by atoms with Crippen LogP contribution in [0.2, 0.25) is 0 Å². The summed E-state index contributed by atoms with van der Waals surface area (Å²) in [4.78, 5) is 11.0. The number of hydrogen-bond donors (Lipinski definition) is 2. The fraction of sp³-hybridized carbons (Fsp3) is 0.900. The maximum atomic E-state index is 11.0. The van der Waals surface area contributed by atoms with Gasteiger partial charge in [-0.15, -0.1) is 0 Å². The lowest BCUT2D eigenvalue weighted by Crippen LogP contribution is -2.37. The maximum Gasteiger partial charge on any atom is 0.319 e. The topological polar surface area (TPSA) is 58.6 Å². The largest absolute Gasteiger partial charge is 0.465 e. The van der Waals surface area contributed by atoms with E-state index in [1.807, 2.05) is 0 Å². The van der Waals surface area contributed by atoms with E-state index in [1.165, 1.54) is 0 Å². The first kappa shape index (κ1) is 13.4. The SMILES string of the molecule is CCOC(=O)CNC(CO)CC(C)C. The molecule has 0 saturated heterocycles. The van der Waals surface area contributed by atoms with Crippen molar-refractivity contribution in [3.05, 3.63) is 0 Å². The number of carbonyl (C=O) groups is 1. The molecule has 0 aliphatic carbocycles. The number of rotatable bonds is 7. The van der Waals surface area contributed by atoms with Crippen LogP contribution in [0, 0.1) is 5.92 Å². The Labute approximate surface area is 85.6 Å². The molecule has 14 heavy (non-hydrogen) atoms. The number of carbonyl (C=O) groups excluding carboxylic acids is 1. The quantitative estimate of drug-likeness (QED) is 0.593. The number of aliphatic hydroxyl groups is 1. The van der Waals surface area contributed by atoms with Gasteiger partial charge in [-0.1, -0.05) is 13.8 Å². The lowest BCUT2D eigenvalue weighted by atomic mass is 10.0. The summed E-state index contributed by atoms with van der Waals surface area (Å²) >= 11 is 0. The number of ether oxygens (including phenoxy) is 1. The molecule has 0 saturated carbocycles. The Balaban J connectivity index is 3.66. The molecule has 0 amide bonds. The molecule has 0 fully saturated rings. The molecule has 0 aromatic rings. The van der Waals surface area contributed by atoms with E-state index in [9.17, 15) is 4.79 Å². The van der Waals surface area contributed by atoms with Gasteiger partial charge in [0.2, 0.25) is 0 Å². The van der Waals surface area contributed by atoms with Gasteiger partial charge < -0.3 is 15.2 Å². The molecule has 0 aliphatic heterocycles. The van der Waals surface area contributed by atoms with E-state index in [1.54, 1.807) is 6.92 Å². The lowest BCUT2D eigenvalue weighted by molar-refractivity contribution is -0.142. The molecule has 1 atom stereocenters. The minimum Gasteiger partial charge on any atom is -0.465 e. The Bertz CT molecular complexity index is 159. The third-order valence-corrected chi connectivity index (χ3v) is 1.82. The average Bonchev–Trinajstić information content (AvgIpc) is 2.12. The summed E-state index contributed by atoms with van der Waals surface area (Å²) < 4.78 is 4.76. The summed E-state index contributed by atoms with van der Waals surface area (Å²) in [5.74, 6) is 0.233. The fourth-order valence-corrected chi connectivity index (χ4v) is 1.23. The molecule has 0 aromatic heterocycles. The predicted octanol–water partition coefficient (Wildman–Crippen LogP) is 0.546. The van der Waals surface area contributed by atoms with Crippen LogP contribution in [0.3, 0.4) is 0 Å². The van der Waals surface area contributed by atoms with Crippen LogP contribution in [0.15, 0.2) is 0 Å². The third-order valence-electron chi connectivity index (χ3n) is 1.82. The number of aliphatic hydroxyl groups excluding tert-OH is 1. The zero-order chi connectivity index (χ0) is 11.0. The summed E-state index contributed by atoms with van der Waals surface area (Å²) in [6.45, 7) is 6.55. The van der Waals surface area contributed by atoms with Crippen molar-refractivity contribution in [1.29, 1.82) is 0 Å². The first-order valence-electron chi connectivity index (χ1n) is 5.10. The predicted molar refractivity (Wildman–Crippen MR) is 55.0 cm³/mol. The first-order chi connectivity index (χ1) is 6.60. The van der Waals surface area contributed by atoms with Crippen LogP contribution in [0.25, 0.3) is 0 Å². The van der Waals surface area contributed by atoms with E-state index >= 15 is 0 Å². The smallest absolute Gasteiger partial charge is 0.319 e. The Morgan fingerprint density at radius 3 is 2.57 bits per heavy atom. The Morgan fingerprint density at radius 1 is 1.50 bits per heavy atom. The average molecular weight is 203 g/mol. The van der Waals surface area contributed by atoms with Crippen molar-refractivity contribution in [2.24, 2.45) is 5.92 Å². The Morgan fingerprint density at radius 2 is 2.14 bits per heavy atom. The third kappa shape index (κ3) is 6.86. The highest BCUT2D eigenvalue weighted by Gasteiger charge is 2.11. The summed E-state index contributed by atoms with van der Waals surface area (Å²) in [7, 11) is 0. The van der Waals surface area contributed by atoms with Gasteiger partial charge in [0, 0.05) is 6.04 Å². The molecule has 4 nitrogen and oxygen atoms in total. The van der Waals surface area contributed by atoms with E-state index in [4.69, 9.17) is 9.84 Å². The molecule has 2 N–H and O–H groups in total. The molecular weight excluding hydrogens is 182 g/mol. The Hall–Kier alpha value is -0.610. The molecule has 0 aromatic carbocycles. The van der Waals surface area contributed by atoms with Crippen LogP contribution in [0.5, 0.6) is 0 Å². The molecule has 0 rings (SSSR count). The van der Waals surface area contributed by atoms with Crippen molar-refractivity contribution in [3.63, 3.8) is 0 Å². The second-order valence-corrected chi connectivity index (χ2v) is 3.69. The van der Waals surface area contributed by atoms with Crippen LogP contribution in [0.4, 0.5) is 0 Å². The zero-order valence-corrected chi connectivity index (χ0v) is 9.25. The highest BCUT2D eigenvalue weighted by molar-refractivity contribution is 5.71. The minimum absolute atomic E-state index is 0.0144. The molecular formula is C10H21NO3. The van der Waals surface area contributed by atoms with Gasteiger partial charge in [-0.05, 0) is 19.3 Å². The molecule has 0 heterocycles. The lowest BCUT2D eigenvalue weighted by Gasteiger charge is -2.17. The summed E-state index contributed by atoms with van der Waals surface area (Å²) in [5.41, 5.74) is 0. The van der Waals surface area contributed by atoms with Crippen LogP contribution in [0.1, 0.15) is 27.2 Å². The van der Waals surface area contributed by atoms with Crippen LogP contribution >= 0.6 is 0 Å². The minimum atomic E-state index is -0.269. The van der Waals surface area contributed by atoms with E-state index in [0.29, 0.717) is 12.5 Å². The van der Waals surface area contributed by atoms with Gasteiger partial charge in [0.25, 0.3) is 0 Å².